The first kappa shape index (κ1) is 21.8. The number of nitrogens with zero attached hydrogens (tertiary/aromatic N) is 2. The van der Waals surface area contributed by atoms with Crippen LogP contribution in [0.1, 0.15) is 63.9 Å². The van der Waals surface area contributed by atoms with Crippen molar-refractivity contribution in [3.05, 3.63) is 35.9 Å². The van der Waals surface area contributed by atoms with E-state index in [1.807, 2.05) is 23.1 Å². The van der Waals surface area contributed by atoms with Crippen LogP contribution >= 0.6 is 0 Å². The first-order chi connectivity index (χ1) is 14.0. The molecule has 0 bridgehead atoms. The van der Waals surface area contributed by atoms with Gasteiger partial charge in [-0.15, -0.1) is 0 Å². The number of amides is 2. The van der Waals surface area contributed by atoms with Gasteiger partial charge in [-0.05, 0) is 51.3 Å². The lowest BCUT2D eigenvalue weighted by Gasteiger charge is -2.41. The minimum Gasteiger partial charge on any atom is -0.355 e. The van der Waals surface area contributed by atoms with Crippen molar-refractivity contribution in [2.45, 2.75) is 69.7 Å². The second kappa shape index (κ2) is 10.2. The fourth-order valence-electron chi connectivity index (χ4n) is 5.01. The second-order valence-electron chi connectivity index (χ2n) is 8.84. The van der Waals surface area contributed by atoms with Gasteiger partial charge in [0.15, 0.2) is 0 Å². The molecule has 2 amide bonds. The van der Waals surface area contributed by atoms with Crippen LogP contribution in [-0.2, 0) is 15.0 Å². The van der Waals surface area contributed by atoms with E-state index in [-0.39, 0.29) is 11.8 Å². The summed E-state index contributed by atoms with van der Waals surface area (Å²) in [6.07, 6.45) is 9.05. The van der Waals surface area contributed by atoms with Gasteiger partial charge in [0.25, 0.3) is 0 Å². The average Bonchev–Trinajstić information content (AvgIpc) is 2.77. The van der Waals surface area contributed by atoms with Crippen LogP contribution in [-0.4, -0.2) is 60.9 Å². The summed E-state index contributed by atoms with van der Waals surface area (Å²) >= 11 is 0. The molecule has 0 atom stereocenters. The predicted octanol–water partition coefficient (Wildman–Crippen LogP) is 3.34. The minimum atomic E-state index is -0.525. The van der Waals surface area contributed by atoms with Crippen molar-refractivity contribution >= 4 is 11.8 Å². The predicted molar refractivity (Wildman–Crippen MR) is 117 cm³/mol. The molecule has 5 nitrogen and oxygen atoms in total. The Morgan fingerprint density at radius 1 is 1.10 bits per heavy atom. The molecule has 0 radical (unpaired) electrons. The smallest absolute Gasteiger partial charge is 0.230 e. The molecule has 1 aliphatic carbocycles. The molecule has 5 heteroatoms. The highest BCUT2D eigenvalue weighted by atomic mass is 16.2. The van der Waals surface area contributed by atoms with Crippen LogP contribution in [0.3, 0.4) is 0 Å². The molecule has 160 valence electrons. The Balaban J connectivity index is 1.55. The molecule has 0 spiro atoms. The third-order valence-corrected chi connectivity index (χ3v) is 6.99. The molecule has 1 aromatic carbocycles. The Labute approximate surface area is 175 Å². The molecule has 1 N–H and O–H groups in total. The molecule has 0 unspecified atom stereocenters. The second-order valence-corrected chi connectivity index (χ2v) is 8.84. The van der Waals surface area contributed by atoms with Crippen LogP contribution in [0.25, 0.3) is 0 Å². The van der Waals surface area contributed by atoms with E-state index >= 15 is 0 Å². The van der Waals surface area contributed by atoms with Crippen LogP contribution in [0.15, 0.2) is 30.3 Å². The van der Waals surface area contributed by atoms with Crippen molar-refractivity contribution in [1.29, 1.82) is 0 Å². The van der Waals surface area contributed by atoms with E-state index in [2.05, 4.69) is 29.4 Å². The van der Waals surface area contributed by atoms with Crippen molar-refractivity contribution in [3.8, 4) is 0 Å². The lowest BCUT2D eigenvalue weighted by Crippen LogP contribution is -2.52. The van der Waals surface area contributed by atoms with Crippen molar-refractivity contribution in [3.63, 3.8) is 0 Å². The van der Waals surface area contributed by atoms with E-state index in [1.54, 1.807) is 6.92 Å². The maximum absolute atomic E-state index is 13.3. The number of benzene rings is 1. The molecular weight excluding hydrogens is 362 g/mol. The highest BCUT2D eigenvalue weighted by Crippen LogP contribution is 2.36. The van der Waals surface area contributed by atoms with E-state index in [0.717, 1.165) is 18.5 Å². The van der Waals surface area contributed by atoms with Crippen LogP contribution in [0, 0.1) is 0 Å². The van der Waals surface area contributed by atoms with Crippen LogP contribution in [0.4, 0.5) is 0 Å². The zero-order chi connectivity index (χ0) is 20.7. The van der Waals surface area contributed by atoms with Gasteiger partial charge in [0, 0.05) is 32.6 Å². The Morgan fingerprint density at radius 2 is 1.76 bits per heavy atom. The molecule has 1 heterocycles. The summed E-state index contributed by atoms with van der Waals surface area (Å²) in [6.45, 7) is 4.63. The van der Waals surface area contributed by atoms with Gasteiger partial charge in [0.2, 0.25) is 11.8 Å². The topological polar surface area (TPSA) is 52.7 Å². The molecule has 2 fully saturated rings. The largest absolute Gasteiger partial charge is 0.355 e. The zero-order valence-electron chi connectivity index (χ0n) is 18.2. The summed E-state index contributed by atoms with van der Waals surface area (Å²) in [4.78, 5) is 29.4. The average molecular weight is 400 g/mol. The maximum atomic E-state index is 13.3. The van der Waals surface area contributed by atoms with E-state index in [0.29, 0.717) is 38.5 Å². The fraction of sp³-hybridized carbons (Fsp3) is 0.667. The summed E-state index contributed by atoms with van der Waals surface area (Å²) in [6, 6.07) is 10.8. The lowest BCUT2D eigenvalue weighted by atomic mass is 9.72. The summed E-state index contributed by atoms with van der Waals surface area (Å²) < 4.78 is 0. The minimum absolute atomic E-state index is 0.0952. The Hall–Kier alpha value is -1.88. The molecule has 2 aliphatic rings. The number of hydrogen-bond donors (Lipinski definition) is 1. The Kier molecular flexibility index (Phi) is 7.70. The van der Waals surface area contributed by atoms with Gasteiger partial charge in [-0.2, -0.15) is 0 Å². The van der Waals surface area contributed by atoms with Gasteiger partial charge in [-0.25, -0.2) is 0 Å². The van der Waals surface area contributed by atoms with E-state index in [1.165, 1.54) is 32.1 Å². The third kappa shape index (κ3) is 5.39. The number of rotatable bonds is 7. The van der Waals surface area contributed by atoms with E-state index in [9.17, 15) is 9.59 Å². The first-order valence-electron chi connectivity index (χ1n) is 11.3. The first-order valence-corrected chi connectivity index (χ1v) is 11.3. The Morgan fingerprint density at radius 3 is 2.38 bits per heavy atom. The Bertz CT molecular complexity index is 662. The van der Waals surface area contributed by atoms with Crippen LogP contribution in [0.2, 0.25) is 0 Å². The van der Waals surface area contributed by atoms with Crippen molar-refractivity contribution in [2.75, 3.05) is 33.2 Å². The number of piperidine rings is 1. The zero-order valence-corrected chi connectivity index (χ0v) is 18.2. The molecule has 3 rings (SSSR count). The fourth-order valence-corrected chi connectivity index (χ4v) is 5.01. The van der Waals surface area contributed by atoms with Gasteiger partial charge in [0.05, 0.1) is 5.41 Å². The molecule has 1 aliphatic heterocycles. The number of hydrogen-bond acceptors (Lipinski definition) is 3. The molecule has 29 heavy (non-hydrogen) atoms. The summed E-state index contributed by atoms with van der Waals surface area (Å²) in [5, 5.41) is 3.23. The monoisotopic (exact) mass is 399 g/mol. The van der Waals surface area contributed by atoms with Gasteiger partial charge >= 0.3 is 0 Å². The van der Waals surface area contributed by atoms with Gasteiger partial charge in [-0.1, -0.05) is 49.6 Å². The molecule has 0 aromatic heterocycles. The van der Waals surface area contributed by atoms with Crippen molar-refractivity contribution in [1.82, 2.24) is 15.1 Å². The van der Waals surface area contributed by atoms with Gasteiger partial charge in [-0.3, -0.25) is 9.59 Å². The highest BCUT2D eigenvalue weighted by molar-refractivity contribution is 5.88. The highest BCUT2D eigenvalue weighted by Gasteiger charge is 2.43. The molecule has 1 saturated heterocycles. The lowest BCUT2D eigenvalue weighted by molar-refractivity contribution is -0.135. The van der Waals surface area contributed by atoms with E-state index < -0.39 is 5.41 Å². The van der Waals surface area contributed by atoms with Crippen LogP contribution in [0.5, 0.6) is 0 Å². The van der Waals surface area contributed by atoms with Crippen LogP contribution < -0.4 is 5.32 Å². The number of carbonyl (C=O) groups is 2. The quantitative estimate of drug-likeness (QED) is 0.716. The standard InChI is InChI=1S/C24H37N3O2/c1-20(28)27-18-14-24(15-19-27,21-10-5-3-6-11-21)23(29)25-16-9-17-26(2)22-12-7-4-8-13-22/h3,5-6,10-11,22H,4,7-9,12-19H2,1-2H3,(H,25,29). The summed E-state index contributed by atoms with van der Waals surface area (Å²) in [5.41, 5.74) is 0.544. The summed E-state index contributed by atoms with van der Waals surface area (Å²) in [5.74, 6) is 0.213. The maximum Gasteiger partial charge on any atom is 0.230 e. The van der Waals surface area contributed by atoms with Gasteiger partial charge in [0.1, 0.15) is 0 Å². The molecule has 1 aromatic rings. The molecular formula is C24H37N3O2. The molecule has 1 saturated carbocycles. The number of carbonyl (C=O) groups excluding carboxylic acids is 2. The third-order valence-electron chi connectivity index (χ3n) is 6.99. The van der Waals surface area contributed by atoms with E-state index in [4.69, 9.17) is 0 Å². The normalized spacial score (nSPS) is 19.9. The SMILES string of the molecule is CC(=O)N1CCC(C(=O)NCCCN(C)C2CCCCC2)(c2ccccc2)CC1. The summed E-state index contributed by atoms with van der Waals surface area (Å²) in [7, 11) is 2.22. The number of nitrogens with one attached hydrogen (secondary N) is 1. The van der Waals surface area contributed by atoms with Crippen molar-refractivity contribution < 1.29 is 9.59 Å². The van der Waals surface area contributed by atoms with Gasteiger partial charge < -0.3 is 15.1 Å². The number of likely N-dealkylation sites (tertiary alicyclic amines) is 1. The van der Waals surface area contributed by atoms with Crippen molar-refractivity contribution in [2.24, 2.45) is 0 Å².